The van der Waals surface area contributed by atoms with Crippen molar-refractivity contribution >= 4 is 23.5 Å². The fraction of sp³-hybridized carbons (Fsp3) is 0.222. The first-order valence-corrected chi connectivity index (χ1v) is 11.2. The van der Waals surface area contributed by atoms with Crippen molar-refractivity contribution in [3.63, 3.8) is 0 Å². The molecule has 8 nitrogen and oxygen atoms in total. The van der Waals surface area contributed by atoms with E-state index in [0.717, 1.165) is 5.56 Å². The lowest BCUT2D eigenvalue weighted by Gasteiger charge is -2.28. The third kappa shape index (κ3) is 4.86. The Hall–Kier alpha value is -4.40. The second-order valence-corrected chi connectivity index (χ2v) is 8.90. The fourth-order valence-electron chi connectivity index (χ4n) is 3.96. The predicted octanol–water partition coefficient (Wildman–Crippen LogP) is 4.73. The molecule has 4 rings (SSSR count). The van der Waals surface area contributed by atoms with Crippen LogP contribution in [0.4, 0.5) is 14.9 Å². The minimum atomic E-state index is -1.10. The van der Waals surface area contributed by atoms with Crippen molar-refractivity contribution in [3.8, 4) is 17.2 Å². The number of ether oxygens (including phenoxy) is 2. The minimum absolute atomic E-state index is 0.261. The summed E-state index contributed by atoms with van der Waals surface area (Å²) in [5, 5.41) is 2.31. The van der Waals surface area contributed by atoms with E-state index < -0.39 is 17.5 Å². The Morgan fingerprint density at radius 2 is 1.61 bits per heavy atom. The highest BCUT2D eigenvalue weighted by molar-refractivity contribution is 6.16. The van der Waals surface area contributed by atoms with Crippen molar-refractivity contribution < 1.29 is 28.2 Å². The lowest BCUT2D eigenvalue weighted by molar-refractivity contribution is -0.122. The van der Waals surface area contributed by atoms with Crippen molar-refractivity contribution in [2.24, 2.45) is 0 Å². The van der Waals surface area contributed by atoms with E-state index in [9.17, 15) is 18.8 Å². The van der Waals surface area contributed by atoms with E-state index in [-0.39, 0.29) is 17.3 Å². The summed E-state index contributed by atoms with van der Waals surface area (Å²) < 4.78 is 24.2. The van der Waals surface area contributed by atoms with Crippen LogP contribution in [-0.4, -0.2) is 42.4 Å². The maximum absolute atomic E-state index is 13.3. The standard InChI is InChI=1S/C27H26FN3O5/c1-27(2)25(33)29-26(34)31(27)19-9-14-23(35-4)22(15-19)24(32)30(3)16-17-5-10-20(11-6-17)36-21-12-7-18(28)8-13-21/h5-15H,16H2,1-4H3,(H,29,33,34). The number of anilines is 1. The molecule has 1 aliphatic rings. The molecule has 0 aromatic heterocycles. The molecule has 4 amide bonds. The summed E-state index contributed by atoms with van der Waals surface area (Å²) in [7, 11) is 3.12. The zero-order chi connectivity index (χ0) is 26.0. The number of rotatable bonds is 7. The number of carbonyl (C=O) groups excluding carboxylic acids is 3. The van der Waals surface area contributed by atoms with Crippen molar-refractivity contribution in [1.82, 2.24) is 10.2 Å². The molecule has 0 radical (unpaired) electrons. The maximum Gasteiger partial charge on any atom is 0.329 e. The molecule has 1 N–H and O–H groups in total. The average molecular weight is 492 g/mol. The zero-order valence-corrected chi connectivity index (χ0v) is 20.4. The first kappa shape index (κ1) is 24.7. The van der Waals surface area contributed by atoms with Crippen LogP contribution in [0, 0.1) is 5.82 Å². The maximum atomic E-state index is 13.3. The average Bonchev–Trinajstić information content (AvgIpc) is 3.06. The first-order valence-electron chi connectivity index (χ1n) is 11.2. The van der Waals surface area contributed by atoms with Crippen molar-refractivity contribution in [3.05, 3.63) is 83.7 Å². The number of urea groups is 1. The minimum Gasteiger partial charge on any atom is -0.496 e. The van der Waals surface area contributed by atoms with Gasteiger partial charge in [-0.25, -0.2) is 9.18 Å². The van der Waals surface area contributed by atoms with Crippen LogP contribution in [0.25, 0.3) is 0 Å². The lowest BCUT2D eigenvalue weighted by atomic mass is 10.0. The number of halogens is 1. The van der Waals surface area contributed by atoms with Crippen molar-refractivity contribution in [1.29, 1.82) is 0 Å². The van der Waals surface area contributed by atoms with Gasteiger partial charge in [-0.3, -0.25) is 19.8 Å². The highest BCUT2D eigenvalue weighted by Crippen LogP contribution is 2.33. The van der Waals surface area contributed by atoms with Crippen LogP contribution in [0.1, 0.15) is 29.8 Å². The van der Waals surface area contributed by atoms with E-state index in [2.05, 4.69) is 5.32 Å². The Morgan fingerprint density at radius 3 is 2.17 bits per heavy atom. The number of hydrogen-bond donors (Lipinski definition) is 1. The number of amides is 4. The van der Waals surface area contributed by atoms with Crippen LogP contribution in [0.5, 0.6) is 17.2 Å². The largest absolute Gasteiger partial charge is 0.496 e. The predicted molar refractivity (Wildman–Crippen MR) is 132 cm³/mol. The van der Waals surface area contributed by atoms with E-state index >= 15 is 0 Å². The second-order valence-electron chi connectivity index (χ2n) is 8.90. The van der Waals surface area contributed by atoms with Gasteiger partial charge in [0.05, 0.1) is 12.7 Å². The summed E-state index contributed by atoms with van der Waals surface area (Å²) in [6.07, 6.45) is 0. The number of nitrogens with zero attached hydrogens (tertiary/aromatic N) is 2. The molecule has 0 unspecified atom stereocenters. The van der Waals surface area contributed by atoms with Crippen LogP contribution in [0.2, 0.25) is 0 Å². The van der Waals surface area contributed by atoms with E-state index in [1.54, 1.807) is 63.4 Å². The lowest BCUT2D eigenvalue weighted by Crippen LogP contribution is -2.44. The van der Waals surface area contributed by atoms with Crippen molar-refractivity contribution in [2.75, 3.05) is 19.1 Å². The molecule has 1 aliphatic heterocycles. The fourth-order valence-corrected chi connectivity index (χ4v) is 3.96. The molecule has 0 spiro atoms. The molecular weight excluding hydrogens is 465 g/mol. The number of imide groups is 1. The van der Waals surface area contributed by atoms with Gasteiger partial charge in [-0.1, -0.05) is 12.1 Å². The molecule has 1 heterocycles. The molecule has 0 aliphatic carbocycles. The Kier molecular flexibility index (Phi) is 6.65. The summed E-state index contributed by atoms with van der Waals surface area (Å²) in [6, 6.07) is 17.2. The molecule has 0 atom stereocenters. The molecule has 3 aromatic rings. The molecular formula is C27H26FN3O5. The van der Waals surface area contributed by atoms with E-state index in [4.69, 9.17) is 9.47 Å². The van der Waals surface area contributed by atoms with Crippen LogP contribution < -0.4 is 19.7 Å². The Balaban J connectivity index is 1.50. The Labute approximate surface area is 208 Å². The summed E-state index contributed by atoms with van der Waals surface area (Å²) >= 11 is 0. The molecule has 36 heavy (non-hydrogen) atoms. The summed E-state index contributed by atoms with van der Waals surface area (Å²) in [5.74, 6) is 0.370. The normalized spacial score (nSPS) is 14.4. The molecule has 1 fully saturated rings. The molecule has 0 saturated carbocycles. The van der Waals surface area contributed by atoms with Gasteiger partial charge >= 0.3 is 6.03 Å². The van der Waals surface area contributed by atoms with Crippen molar-refractivity contribution in [2.45, 2.75) is 25.9 Å². The van der Waals surface area contributed by atoms with Gasteiger partial charge in [0.2, 0.25) is 0 Å². The molecule has 186 valence electrons. The second kappa shape index (κ2) is 9.69. The molecule has 0 bridgehead atoms. The number of methoxy groups -OCH3 is 1. The van der Waals surface area contributed by atoms with Crippen LogP contribution in [0.15, 0.2) is 66.7 Å². The number of carbonyl (C=O) groups is 3. The van der Waals surface area contributed by atoms with Gasteiger partial charge < -0.3 is 14.4 Å². The SMILES string of the molecule is COc1ccc(N2C(=O)NC(=O)C2(C)C)cc1C(=O)N(C)Cc1ccc(Oc2ccc(F)cc2)cc1. The molecule has 9 heteroatoms. The summed E-state index contributed by atoms with van der Waals surface area (Å²) in [6.45, 7) is 3.57. The number of nitrogens with one attached hydrogen (secondary N) is 1. The molecule has 1 saturated heterocycles. The van der Waals surface area contributed by atoms with Gasteiger partial charge in [0.25, 0.3) is 11.8 Å². The highest BCUT2D eigenvalue weighted by Gasteiger charge is 2.46. The van der Waals surface area contributed by atoms with Crippen LogP contribution in [-0.2, 0) is 11.3 Å². The first-order chi connectivity index (χ1) is 17.1. The topological polar surface area (TPSA) is 88.2 Å². The van der Waals surface area contributed by atoms with Crippen LogP contribution in [0.3, 0.4) is 0 Å². The quantitative estimate of drug-likeness (QED) is 0.483. The Morgan fingerprint density at radius 1 is 1.00 bits per heavy atom. The van der Waals surface area contributed by atoms with Gasteiger partial charge in [0.1, 0.15) is 28.6 Å². The van der Waals surface area contributed by atoms with Gasteiger partial charge in [-0.15, -0.1) is 0 Å². The van der Waals surface area contributed by atoms with E-state index in [1.807, 2.05) is 12.1 Å². The van der Waals surface area contributed by atoms with Gasteiger partial charge in [0, 0.05) is 19.3 Å². The van der Waals surface area contributed by atoms with Gasteiger partial charge in [0.15, 0.2) is 0 Å². The summed E-state index contributed by atoms with van der Waals surface area (Å²) in [5.41, 5.74) is 0.424. The number of benzene rings is 3. The molecule has 3 aromatic carbocycles. The van der Waals surface area contributed by atoms with Crippen LogP contribution >= 0.6 is 0 Å². The van der Waals surface area contributed by atoms with Gasteiger partial charge in [-0.05, 0) is 74.0 Å². The van der Waals surface area contributed by atoms with E-state index in [0.29, 0.717) is 29.5 Å². The zero-order valence-electron chi connectivity index (χ0n) is 20.4. The highest BCUT2D eigenvalue weighted by atomic mass is 19.1. The third-order valence-electron chi connectivity index (χ3n) is 5.95. The van der Waals surface area contributed by atoms with Gasteiger partial charge in [-0.2, -0.15) is 0 Å². The number of hydrogen-bond acceptors (Lipinski definition) is 5. The smallest absolute Gasteiger partial charge is 0.329 e. The Bertz CT molecular complexity index is 1310. The monoisotopic (exact) mass is 491 g/mol. The van der Waals surface area contributed by atoms with E-state index in [1.165, 1.54) is 29.0 Å². The third-order valence-corrected chi connectivity index (χ3v) is 5.95. The summed E-state index contributed by atoms with van der Waals surface area (Å²) in [4.78, 5) is 40.8.